The molecule has 1 aliphatic rings. The second kappa shape index (κ2) is 4.92. The van der Waals surface area contributed by atoms with Gasteiger partial charge < -0.3 is 4.98 Å². The Morgan fingerprint density at radius 1 is 1.28 bits per heavy atom. The largest absolute Gasteiger partial charge is 0.328 e. The first-order valence-corrected chi connectivity index (χ1v) is 6.36. The van der Waals surface area contributed by atoms with E-state index in [1.165, 1.54) is 17.7 Å². The van der Waals surface area contributed by atoms with E-state index in [0.717, 1.165) is 25.7 Å². The maximum atomic E-state index is 12.1. The van der Waals surface area contributed by atoms with Gasteiger partial charge in [0.25, 0.3) is 5.56 Å². The summed E-state index contributed by atoms with van der Waals surface area (Å²) in [5.74, 6) is 0.334. The van der Waals surface area contributed by atoms with Gasteiger partial charge in [0.05, 0.1) is 5.56 Å². The molecule has 1 N–H and O–H groups in total. The lowest BCUT2D eigenvalue weighted by atomic mass is 9.87. The molecule has 0 bridgehead atoms. The van der Waals surface area contributed by atoms with Crippen LogP contribution in [0.25, 0.3) is 0 Å². The highest BCUT2D eigenvalue weighted by Gasteiger charge is 2.23. The summed E-state index contributed by atoms with van der Waals surface area (Å²) in [5.41, 5.74) is -0.802. The van der Waals surface area contributed by atoms with Gasteiger partial charge in [0.2, 0.25) is 0 Å². The van der Waals surface area contributed by atoms with Crippen molar-refractivity contribution in [3.05, 3.63) is 32.6 Å². The van der Waals surface area contributed by atoms with E-state index in [0.29, 0.717) is 5.92 Å². The third-order valence-electron chi connectivity index (χ3n) is 3.74. The zero-order chi connectivity index (χ0) is 13.3. The summed E-state index contributed by atoms with van der Waals surface area (Å²) in [7, 11) is 0. The summed E-state index contributed by atoms with van der Waals surface area (Å²) in [4.78, 5) is 37.7. The monoisotopic (exact) mass is 250 g/mol. The highest BCUT2D eigenvalue weighted by Crippen LogP contribution is 2.30. The Hall–Kier alpha value is -1.65. The van der Waals surface area contributed by atoms with Gasteiger partial charge in [-0.05, 0) is 38.5 Å². The summed E-state index contributed by atoms with van der Waals surface area (Å²) in [6, 6.07) is -0.0725. The minimum Gasteiger partial charge on any atom is -0.313 e. The third-order valence-corrected chi connectivity index (χ3v) is 3.74. The molecule has 98 valence electrons. The van der Waals surface area contributed by atoms with E-state index in [2.05, 4.69) is 11.9 Å². The van der Waals surface area contributed by atoms with Crippen LogP contribution >= 0.6 is 0 Å². The molecule has 0 aliphatic heterocycles. The van der Waals surface area contributed by atoms with Gasteiger partial charge in [-0.3, -0.25) is 14.2 Å². The normalized spacial score (nSPS) is 23.9. The summed E-state index contributed by atoms with van der Waals surface area (Å²) >= 11 is 0. The van der Waals surface area contributed by atoms with Crippen molar-refractivity contribution in [1.29, 1.82) is 0 Å². The Morgan fingerprint density at radius 2 is 1.89 bits per heavy atom. The molecule has 5 nitrogen and oxygen atoms in total. The Morgan fingerprint density at radius 3 is 2.44 bits per heavy atom. The molecular weight excluding hydrogens is 232 g/mol. The number of hydrogen-bond donors (Lipinski definition) is 1. The van der Waals surface area contributed by atoms with Crippen LogP contribution in [0.5, 0.6) is 0 Å². The maximum absolute atomic E-state index is 12.1. The fraction of sp³-hybridized carbons (Fsp3) is 0.615. The van der Waals surface area contributed by atoms with Crippen LogP contribution in [0.4, 0.5) is 0 Å². The van der Waals surface area contributed by atoms with E-state index in [9.17, 15) is 14.4 Å². The van der Waals surface area contributed by atoms with Gasteiger partial charge in [-0.25, -0.2) is 4.79 Å². The number of carbonyl (C=O) groups excluding carboxylic acids is 1. The molecule has 1 aromatic rings. The fourth-order valence-electron chi connectivity index (χ4n) is 2.57. The lowest BCUT2D eigenvalue weighted by Crippen LogP contribution is -2.41. The van der Waals surface area contributed by atoms with Crippen LogP contribution in [0.1, 0.15) is 55.9 Å². The molecule has 0 radical (unpaired) electrons. The first kappa shape index (κ1) is 12.8. The van der Waals surface area contributed by atoms with Crippen molar-refractivity contribution >= 4 is 5.78 Å². The van der Waals surface area contributed by atoms with Gasteiger partial charge in [0.1, 0.15) is 0 Å². The molecule has 0 atom stereocenters. The lowest BCUT2D eigenvalue weighted by molar-refractivity contribution is 0.101. The van der Waals surface area contributed by atoms with Gasteiger partial charge in [0, 0.05) is 12.2 Å². The number of H-pyrrole nitrogens is 1. The lowest BCUT2D eigenvalue weighted by Gasteiger charge is -2.27. The van der Waals surface area contributed by atoms with Crippen LogP contribution in [-0.4, -0.2) is 15.3 Å². The third kappa shape index (κ3) is 2.30. The van der Waals surface area contributed by atoms with Crippen LogP contribution < -0.4 is 11.2 Å². The maximum Gasteiger partial charge on any atom is 0.328 e. The fourth-order valence-corrected chi connectivity index (χ4v) is 2.57. The van der Waals surface area contributed by atoms with E-state index < -0.39 is 11.2 Å². The van der Waals surface area contributed by atoms with Crippen LogP contribution in [0.3, 0.4) is 0 Å². The van der Waals surface area contributed by atoms with Crippen LogP contribution in [-0.2, 0) is 0 Å². The molecule has 0 amide bonds. The number of nitrogens with one attached hydrogen (secondary N) is 1. The molecule has 1 heterocycles. The van der Waals surface area contributed by atoms with Gasteiger partial charge in [-0.2, -0.15) is 0 Å². The van der Waals surface area contributed by atoms with Crippen molar-refractivity contribution in [1.82, 2.24) is 9.55 Å². The first-order valence-electron chi connectivity index (χ1n) is 6.36. The van der Waals surface area contributed by atoms with Crippen molar-refractivity contribution in [3.8, 4) is 0 Å². The van der Waals surface area contributed by atoms with Gasteiger partial charge in [-0.15, -0.1) is 0 Å². The van der Waals surface area contributed by atoms with Crippen molar-refractivity contribution in [2.45, 2.75) is 45.6 Å². The van der Waals surface area contributed by atoms with Gasteiger partial charge in [-0.1, -0.05) is 6.92 Å². The van der Waals surface area contributed by atoms with Crippen molar-refractivity contribution < 1.29 is 4.79 Å². The number of aromatic amines is 1. The van der Waals surface area contributed by atoms with Gasteiger partial charge >= 0.3 is 5.69 Å². The second-order valence-corrected chi connectivity index (χ2v) is 5.15. The molecule has 0 spiro atoms. The number of nitrogens with zero attached hydrogens (tertiary/aromatic N) is 1. The Balaban J connectivity index is 2.44. The predicted molar refractivity (Wildman–Crippen MR) is 68.0 cm³/mol. The van der Waals surface area contributed by atoms with Crippen LogP contribution in [0.15, 0.2) is 15.8 Å². The number of Topliss-reactive ketones (excluding diaryl/α,β-unsaturated/α-hetero) is 1. The number of hydrogen-bond acceptors (Lipinski definition) is 3. The zero-order valence-electron chi connectivity index (χ0n) is 10.7. The summed E-state index contributed by atoms with van der Waals surface area (Å²) < 4.78 is 1.22. The van der Waals surface area contributed by atoms with E-state index >= 15 is 0 Å². The quantitative estimate of drug-likeness (QED) is 0.808. The average molecular weight is 250 g/mol. The highest BCUT2D eigenvalue weighted by atomic mass is 16.2. The molecule has 0 unspecified atom stereocenters. The van der Waals surface area contributed by atoms with Crippen molar-refractivity contribution in [3.63, 3.8) is 0 Å². The summed E-state index contributed by atoms with van der Waals surface area (Å²) in [6.45, 7) is 3.51. The van der Waals surface area contributed by atoms with Crippen LogP contribution in [0.2, 0.25) is 0 Å². The van der Waals surface area contributed by atoms with Crippen molar-refractivity contribution in [2.75, 3.05) is 0 Å². The molecule has 1 saturated carbocycles. The SMILES string of the molecule is CC(=O)c1c[nH]c(=O)n(C2CCC(C)CC2)c1=O. The Labute approximate surface area is 105 Å². The minimum absolute atomic E-state index is 0.0632. The van der Waals surface area contributed by atoms with Gasteiger partial charge in [0.15, 0.2) is 5.78 Å². The topological polar surface area (TPSA) is 71.9 Å². The minimum atomic E-state index is -0.453. The van der Waals surface area contributed by atoms with E-state index in [-0.39, 0.29) is 17.4 Å². The number of aromatic nitrogens is 2. The number of carbonyl (C=O) groups is 1. The molecule has 1 aliphatic carbocycles. The van der Waals surface area contributed by atoms with E-state index in [1.807, 2.05) is 0 Å². The highest BCUT2D eigenvalue weighted by molar-refractivity contribution is 5.93. The molecule has 1 aromatic heterocycles. The van der Waals surface area contributed by atoms with E-state index in [1.54, 1.807) is 0 Å². The molecule has 5 heteroatoms. The second-order valence-electron chi connectivity index (χ2n) is 5.15. The predicted octanol–water partition coefficient (Wildman–Crippen LogP) is 1.49. The van der Waals surface area contributed by atoms with Crippen molar-refractivity contribution in [2.24, 2.45) is 5.92 Å². The molecule has 0 saturated heterocycles. The Bertz CT molecular complexity index is 562. The molecule has 0 aromatic carbocycles. The number of rotatable bonds is 2. The standard InChI is InChI=1S/C13H18N2O3/c1-8-3-5-10(6-4-8)15-12(17)11(9(2)16)7-14-13(15)18/h7-8,10H,3-6H2,1-2H3,(H,14,18). The Kier molecular flexibility index (Phi) is 3.50. The van der Waals surface area contributed by atoms with E-state index in [4.69, 9.17) is 0 Å². The average Bonchev–Trinajstić information content (AvgIpc) is 2.31. The molecule has 1 fully saturated rings. The van der Waals surface area contributed by atoms with Crippen LogP contribution in [0, 0.1) is 5.92 Å². The zero-order valence-corrected chi connectivity index (χ0v) is 10.7. The summed E-state index contributed by atoms with van der Waals surface area (Å²) in [5, 5.41) is 0. The molecule has 2 rings (SSSR count). The first-order chi connectivity index (χ1) is 8.50. The molecular formula is C13H18N2O3. The number of ketones is 1. The summed E-state index contributed by atoms with van der Waals surface area (Å²) in [6.07, 6.45) is 4.90. The molecule has 18 heavy (non-hydrogen) atoms. The smallest absolute Gasteiger partial charge is 0.313 e.